The molecule has 3 aromatic carbocycles. The molecule has 0 aliphatic carbocycles. The van der Waals surface area contributed by atoms with Gasteiger partial charge >= 0.3 is 0 Å². The van der Waals surface area contributed by atoms with Gasteiger partial charge in [0.15, 0.2) is 5.65 Å². The van der Waals surface area contributed by atoms with Gasteiger partial charge in [-0.05, 0) is 54.4 Å². The van der Waals surface area contributed by atoms with Gasteiger partial charge < -0.3 is 0 Å². The molecule has 3 heterocycles. The molecule has 0 saturated carbocycles. The van der Waals surface area contributed by atoms with Gasteiger partial charge in [-0.1, -0.05) is 42.5 Å². The number of nitro groups is 1. The Morgan fingerprint density at radius 3 is 2.24 bits per heavy atom. The van der Waals surface area contributed by atoms with Crippen molar-refractivity contribution in [2.45, 2.75) is 18.4 Å². The molecule has 0 bridgehead atoms. The second-order valence-electron chi connectivity index (χ2n) is 9.50. The Labute approximate surface area is 240 Å². The predicted octanol–water partition coefficient (Wildman–Crippen LogP) is 6.21. The molecule has 0 fully saturated rings. The van der Waals surface area contributed by atoms with Crippen LogP contribution in [0.4, 0.5) is 5.69 Å². The number of carbonyl (C=O) groups is 1. The van der Waals surface area contributed by atoms with Crippen molar-refractivity contribution in [2.75, 3.05) is 0 Å². The SMILES string of the molecule is CCn1cc(-c2ccnc3c2cc(-c2ccc(C=O)cc2)n3S(=O)(=O)c2ccccc2)c(-c2ccc([N+](=O)[O-])cc2)n1. The standard InChI is InChI=1S/C31H23N5O5S/c1-2-34-19-28(30(33-34)23-12-14-24(15-13-23)36(38)39)26-16-17-32-31-27(26)18-29(22-10-8-21(20-37)9-11-22)35(31)42(40,41)25-6-4-3-5-7-25/h3-20H,2H2,1H3. The molecule has 6 aromatic rings. The lowest BCUT2D eigenvalue weighted by atomic mass is 10.00. The first kappa shape index (κ1) is 26.8. The molecule has 0 amide bonds. The number of non-ortho nitro benzene ring substituents is 1. The van der Waals surface area contributed by atoms with Gasteiger partial charge in [-0.2, -0.15) is 5.10 Å². The maximum atomic E-state index is 14.1. The van der Waals surface area contributed by atoms with Gasteiger partial charge in [-0.15, -0.1) is 0 Å². The number of hydrogen-bond acceptors (Lipinski definition) is 7. The number of aromatic nitrogens is 4. The maximum Gasteiger partial charge on any atom is 0.269 e. The zero-order valence-electron chi connectivity index (χ0n) is 22.3. The summed E-state index contributed by atoms with van der Waals surface area (Å²) in [5.41, 5.74) is 4.31. The van der Waals surface area contributed by atoms with Gasteiger partial charge in [-0.3, -0.25) is 19.6 Å². The van der Waals surface area contributed by atoms with Gasteiger partial charge in [0.1, 0.15) is 12.0 Å². The summed E-state index contributed by atoms with van der Waals surface area (Å²) in [7, 11) is -4.09. The fourth-order valence-electron chi connectivity index (χ4n) is 4.92. The average Bonchev–Trinajstić information content (AvgIpc) is 3.64. The molecular formula is C31H23N5O5S. The van der Waals surface area contributed by atoms with Gasteiger partial charge in [0.25, 0.3) is 15.7 Å². The summed E-state index contributed by atoms with van der Waals surface area (Å²) in [6.45, 7) is 2.52. The molecule has 6 rings (SSSR count). The summed E-state index contributed by atoms with van der Waals surface area (Å²) in [5, 5.41) is 16.5. The predicted molar refractivity (Wildman–Crippen MR) is 159 cm³/mol. The van der Waals surface area contributed by atoms with Gasteiger partial charge in [0.2, 0.25) is 0 Å². The van der Waals surface area contributed by atoms with E-state index in [1.165, 1.54) is 28.2 Å². The van der Waals surface area contributed by atoms with Crippen LogP contribution < -0.4 is 0 Å². The van der Waals surface area contributed by atoms with E-state index in [1.807, 2.05) is 13.1 Å². The van der Waals surface area contributed by atoms with Crippen LogP contribution in [0.5, 0.6) is 0 Å². The lowest BCUT2D eigenvalue weighted by Crippen LogP contribution is -2.14. The lowest BCUT2D eigenvalue weighted by molar-refractivity contribution is -0.384. The Hall–Kier alpha value is -5.42. The highest BCUT2D eigenvalue weighted by Crippen LogP contribution is 2.39. The summed E-state index contributed by atoms with van der Waals surface area (Å²) >= 11 is 0. The number of aryl methyl sites for hydroxylation is 1. The van der Waals surface area contributed by atoms with E-state index in [9.17, 15) is 23.3 Å². The molecule has 0 N–H and O–H groups in total. The summed E-state index contributed by atoms with van der Waals surface area (Å²) in [5.74, 6) is 0. The van der Waals surface area contributed by atoms with Crippen LogP contribution in [0.1, 0.15) is 17.3 Å². The van der Waals surface area contributed by atoms with Crippen molar-refractivity contribution in [1.82, 2.24) is 18.7 Å². The third-order valence-electron chi connectivity index (χ3n) is 7.01. The number of pyridine rings is 1. The minimum Gasteiger partial charge on any atom is -0.298 e. The number of nitrogens with zero attached hydrogens (tertiary/aromatic N) is 5. The molecule has 0 aliphatic rings. The molecule has 0 saturated heterocycles. The zero-order chi connectivity index (χ0) is 29.4. The minimum atomic E-state index is -4.09. The van der Waals surface area contributed by atoms with E-state index >= 15 is 0 Å². The Kier molecular flexibility index (Phi) is 6.71. The van der Waals surface area contributed by atoms with Crippen LogP contribution in [0.2, 0.25) is 0 Å². The second kappa shape index (κ2) is 10.5. The third kappa shape index (κ3) is 4.55. The van der Waals surface area contributed by atoms with Crippen LogP contribution in [0.3, 0.4) is 0 Å². The van der Waals surface area contributed by atoms with Gasteiger partial charge in [-0.25, -0.2) is 17.4 Å². The van der Waals surface area contributed by atoms with E-state index in [0.29, 0.717) is 45.6 Å². The normalized spacial score (nSPS) is 11.5. The molecule has 11 heteroatoms. The van der Waals surface area contributed by atoms with Gasteiger partial charge in [0, 0.05) is 53.1 Å². The van der Waals surface area contributed by atoms with Crippen molar-refractivity contribution in [3.05, 3.63) is 119 Å². The van der Waals surface area contributed by atoms with Gasteiger partial charge in [0.05, 0.1) is 15.5 Å². The van der Waals surface area contributed by atoms with E-state index in [-0.39, 0.29) is 16.2 Å². The lowest BCUT2D eigenvalue weighted by Gasteiger charge is -2.12. The minimum absolute atomic E-state index is 0.0324. The number of rotatable bonds is 8. The fourth-order valence-corrected chi connectivity index (χ4v) is 6.42. The molecule has 208 valence electrons. The highest BCUT2D eigenvalue weighted by atomic mass is 32.2. The molecule has 0 aliphatic heterocycles. The number of aldehydes is 1. The van der Waals surface area contributed by atoms with Crippen LogP contribution in [-0.4, -0.2) is 38.4 Å². The summed E-state index contributed by atoms with van der Waals surface area (Å²) in [6, 6.07) is 24.5. The maximum absolute atomic E-state index is 14.1. The van der Waals surface area contributed by atoms with Crippen LogP contribution in [-0.2, 0) is 16.6 Å². The highest BCUT2D eigenvalue weighted by molar-refractivity contribution is 7.90. The van der Waals surface area contributed by atoms with Crippen molar-refractivity contribution >= 4 is 33.0 Å². The summed E-state index contributed by atoms with van der Waals surface area (Å²) in [6.07, 6.45) is 4.15. The molecule has 42 heavy (non-hydrogen) atoms. The number of hydrogen-bond donors (Lipinski definition) is 0. The molecule has 10 nitrogen and oxygen atoms in total. The first-order valence-corrected chi connectivity index (χ1v) is 14.4. The molecule has 0 radical (unpaired) electrons. The molecule has 0 unspecified atom stereocenters. The molecule has 3 aromatic heterocycles. The Morgan fingerprint density at radius 1 is 0.905 bits per heavy atom. The van der Waals surface area contributed by atoms with E-state index < -0.39 is 14.9 Å². The van der Waals surface area contributed by atoms with Crippen LogP contribution in [0, 0.1) is 10.1 Å². The van der Waals surface area contributed by atoms with E-state index in [0.717, 1.165) is 11.8 Å². The molecule has 0 spiro atoms. The fraction of sp³-hybridized carbons (Fsp3) is 0.0645. The van der Waals surface area contributed by atoms with Crippen molar-refractivity contribution < 1.29 is 18.1 Å². The third-order valence-corrected chi connectivity index (χ3v) is 8.73. The van der Waals surface area contributed by atoms with Crippen molar-refractivity contribution in [2.24, 2.45) is 0 Å². The Bertz CT molecular complexity index is 2060. The first-order valence-electron chi connectivity index (χ1n) is 13.0. The number of nitro benzene ring substituents is 1. The van der Waals surface area contributed by atoms with Crippen LogP contribution in [0.25, 0.3) is 44.7 Å². The zero-order valence-corrected chi connectivity index (χ0v) is 23.1. The average molecular weight is 578 g/mol. The Balaban J connectivity index is 1.63. The smallest absolute Gasteiger partial charge is 0.269 e. The first-order chi connectivity index (χ1) is 20.3. The quantitative estimate of drug-likeness (QED) is 0.119. The second-order valence-corrected chi connectivity index (χ2v) is 11.3. The van der Waals surface area contributed by atoms with E-state index in [4.69, 9.17) is 5.10 Å². The number of benzene rings is 3. The van der Waals surface area contributed by atoms with Crippen molar-refractivity contribution in [3.63, 3.8) is 0 Å². The summed E-state index contributed by atoms with van der Waals surface area (Å²) in [4.78, 5) is 26.7. The van der Waals surface area contributed by atoms with E-state index in [1.54, 1.807) is 77.6 Å². The number of carbonyl (C=O) groups excluding carboxylic acids is 1. The topological polar surface area (TPSA) is 130 Å². The van der Waals surface area contributed by atoms with Crippen LogP contribution in [0.15, 0.2) is 108 Å². The largest absolute Gasteiger partial charge is 0.298 e. The monoisotopic (exact) mass is 577 g/mol. The highest BCUT2D eigenvalue weighted by Gasteiger charge is 2.27. The number of fused-ring (bicyclic) bond motifs is 1. The molecular weight excluding hydrogens is 554 g/mol. The van der Waals surface area contributed by atoms with E-state index in [2.05, 4.69) is 4.98 Å². The summed E-state index contributed by atoms with van der Waals surface area (Å²) < 4.78 is 31.2. The van der Waals surface area contributed by atoms with Crippen molar-refractivity contribution in [1.29, 1.82) is 0 Å². The van der Waals surface area contributed by atoms with Crippen molar-refractivity contribution in [3.8, 4) is 33.6 Å². The molecule has 0 atom stereocenters. The Morgan fingerprint density at radius 2 is 1.60 bits per heavy atom. The van der Waals surface area contributed by atoms with Crippen LogP contribution >= 0.6 is 0 Å².